The fourth-order valence-corrected chi connectivity index (χ4v) is 2.84. The first-order valence-electron chi connectivity index (χ1n) is 8.26. The molecule has 4 nitrogen and oxygen atoms in total. The molecule has 1 heterocycles. The second-order valence-electron chi connectivity index (χ2n) is 6.12. The molecule has 0 aliphatic heterocycles. The van der Waals surface area contributed by atoms with E-state index in [1.54, 1.807) is 6.07 Å². The normalized spacial score (nSPS) is 10.8. The van der Waals surface area contributed by atoms with Crippen molar-refractivity contribution in [1.29, 1.82) is 0 Å². The third-order valence-corrected chi connectivity index (χ3v) is 4.17. The van der Waals surface area contributed by atoms with E-state index < -0.39 is 0 Å². The predicted molar refractivity (Wildman–Crippen MR) is 96.4 cm³/mol. The Hall–Kier alpha value is -2.82. The number of carbonyl (C=O) groups excluding carboxylic acids is 1. The first-order valence-corrected chi connectivity index (χ1v) is 8.26. The van der Waals surface area contributed by atoms with Gasteiger partial charge in [-0.1, -0.05) is 17.7 Å². The number of amides is 1. The molecular weight excluding hydrogens is 319 g/mol. The van der Waals surface area contributed by atoms with Crippen LogP contribution in [0.25, 0.3) is 10.9 Å². The molecule has 0 aliphatic rings. The van der Waals surface area contributed by atoms with E-state index in [0.717, 1.165) is 27.7 Å². The SMILES string of the molecule is Cc1ccc(OCC(=O)NCCc2c(C)[nH]c3ccc(F)cc23)cc1. The molecule has 0 saturated heterocycles. The van der Waals surface area contributed by atoms with Crippen LogP contribution in [0.15, 0.2) is 42.5 Å². The Kier molecular flexibility index (Phi) is 5.03. The van der Waals surface area contributed by atoms with Gasteiger partial charge in [-0.15, -0.1) is 0 Å². The molecule has 0 atom stereocenters. The van der Waals surface area contributed by atoms with E-state index in [2.05, 4.69) is 10.3 Å². The number of aryl methyl sites for hydroxylation is 2. The molecule has 1 aromatic heterocycles. The molecule has 0 bridgehead atoms. The zero-order valence-corrected chi connectivity index (χ0v) is 14.4. The Labute approximate surface area is 146 Å². The van der Waals surface area contributed by atoms with Gasteiger partial charge in [0, 0.05) is 23.1 Å². The molecule has 3 rings (SSSR count). The number of aromatic amines is 1. The molecule has 0 aliphatic carbocycles. The standard InChI is InChI=1S/C20H21FN2O2/c1-13-3-6-16(7-4-13)25-12-20(24)22-10-9-17-14(2)23-19-8-5-15(21)11-18(17)19/h3-8,11,23H,9-10,12H2,1-2H3,(H,22,24). The molecule has 25 heavy (non-hydrogen) atoms. The van der Waals surface area contributed by atoms with Gasteiger partial charge in [0.1, 0.15) is 11.6 Å². The van der Waals surface area contributed by atoms with Gasteiger partial charge in [-0.05, 0) is 56.2 Å². The first kappa shape index (κ1) is 17.0. The van der Waals surface area contributed by atoms with Crippen LogP contribution in [0.5, 0.6) is 5.75 Å². The summed E-state index contributed by atoms with van der Waals surface area (Å²) in [4.78, 5) is 15.2. The number of halogens is 1. The van der Waals surface area contributed by atoms with Crippen molar-refractivity contribution >= 4 is 16.8 Å². The largest absolute Gasteiger partial charge is 0.484 e. The van der Waals surface area contributed by atoms with Crippen LogP contribution < -0.4 is 10.1 Å². The molecule has 0 fully saturated rings. The molecule has 0 saturated carbocycles. The van der Waals surface area contributed by atoms with Crippen molar-refractivity contribution in [3.05, 3.63) is 65.1 Å². The summed E-state index contributed by atoms with van der Waals surface area (Å²) >= 11 is 0. The second kappa shape index (κ2) is 7.38. The van der Waals surface area contributed by atoms with Crippen molar-refractivity contribution in [2.75, 3.05) is 13.2 Å². The minimum Gasteiger partial charge on any atom is -0.484 e. The van der Waals surface area contributed by atoms with Gasteiger partial charge < -0.3 is 15.0 Å². The summed E-state index contributed by atoms with van der Waals surface area (Å²) in [5, 5.41) is 3.70. The summed E-state index contributed by atoms with van der Waals surface area (Å²) < 4.78 is 18.9. The van der Waals surface area contributed by atoms with E-state index in [4.69, 9.17) is 4.74 Å². The molecule has 0 unspecified atom stereocenters. The third-order valence-electron chi connectivity index (χ3n) is 4.17. The van der Waals surface area contributed by atoms with Gasteiger partial charge in [0.2, 0.25) is 0 Å². The maximum absolute atomic E-state index is 13.5. The van der Waals surface area contributed by atoms with Gasteiger partial charge in [-0.25, -0.2) is 4.39 Å². The molecule has 130 valence electrons. The van der Waals surface area contributed by atoms with Crippen LogP contribution in [0.1, 0.15) is 16.8 Å². The lowest BCUT2D eigenvalue weighted by Gasteiger charge is -2.08. The van der Waals surface area contributed by atoms with Gasteiger partial charge >= 0.3 is 0 Å². The van der Waals surface area contributed by atoms with Crippen molar-refractivity contribution in [2.24, 2.45) is 0 Å². The third kappa shape index (κ3) is 4.18. The van der Waals surface area contributed by atoms with E-state index in [0.29, 0.717) is 18.7 Å². The van der Waals surface area contributed by atoms with Crippen LogP contribution in [-0.4, -0.2) is 24.0 Å². The van der Waals surface area contributed by atoms with E-state index in [1.807, 2.05) is 38.1 Å². The van der Waals surface area contributed by atoms with Crippen LogP contribution in [0.3, 0.4) is 0 Å². The summed E-state index contributed by atoms with van der Waals surface area (Å²) in [6.45, 7) is 4.40. The highest BCUT2D eigenvalue weighted by atomic mass is 19.1. The minimum absolute atomic E-state index is 0.0233. The van der Waals surface area contributed by atoms with Crippen LogP contribution in [-0.2, 0) is 11.2 Å². The lowest BCUT2D eigenvalue weighted by atomic mass is 10.1. The highest BCUT2D eigenvalue weighted by Crippen LogP contribution is 2.23. The van der Waals surface area contributed by atoms with Crippen molar-refractivity contribution < 1.29 is 13.9 Å². The lowest BCUT2D eigenvalue weighted by Crippen LogP contribution is -2.30. The fourth-order valence-electron chi connectivity index (χ4n) is 2.84. The van der Waals surface area contributed by atoms with Crippen molar-refractivity contribution in [3.8, 4) is 5.75 Å². The zero-order chi connectivity index (χ0) is 17.8. The number of aromatic nitrogens is 1. The van der Waals surface area contributed by atoms with Gasteiger partial charge in [-0.3, -0.25) is 4.79 Å². The number of benzene rings is 2. The predicted octanol–water partition coefficient (Wildman–Crippen LogP) is 3.66. The maximum atomic E-state index is 13.5. The number of rotatable bonds is 6. The zero-order valence-electron chi connectivity index (χ0n) is 14.4. The van der Waals surface area contributed by atoms with Crippen LogP contribution in [0.2, 0.25) is 0 Å². The van der Waals surface area contributed by atoms with Gasteiger partial charge in [0.05, 0.1) is 0 Å². The number of hydrogen-bond acceptors (Lipinski definition) is 2. The monoisotopic (exact) mass is 340 g/mol. The Balaban J connectivity index is 1.52. The number of ether oxygens (including phenoxy) is 1. The minimum atomic E-state index is -0.261. The first-order chi connectivity index (χ1) is 12.0. The smallest absolute Gasteiger partial charge is 0.257 e. The quantitative estimate of drug-likeness (QED) is 0.719. The summed E-state index contributed by atoms with van der Waals surface area (Å²) in [5.74, 6) is 0.233. The van der Waals surface area contributed by atoms with Crippen LogP contribution >= 0.6 is 0 Å². The van der Waals surface area contributed by atoms with E-state index in [-0.39, 0.29) is 18.3 Å². The average Bonchev–Trinajstić information content (AvgIpc) is 2.89. The second-order valence-corrected chi connectivity index (χ2v) is 6.12. The highest BCUT2D eigenvalue weighted by molar-refractivity contribution is 5.84. The molecule has 3 aromatic rings. The van der Waals surface area contributed by atoms with Gasteiger partial charge in [0.15, 0.2) is 6.61 Å². The number of hydrogen-bond donors (Lipinski definition) is 2. The van der Waals surface area contributed by atoms with E-state index in [9.17, 15) is 9.18 Å². The molecule has 0 radical (unpaired) electrons. The number of carbonyl (C=O) groups is 1. The van der Waals surface area contributed by atoms with E-state index in [1.165, 1.54) is 12.1 Å². The molecule has 2 N–H and O–H groups in total. The molecule has 5 heteroatoms. The van der Waals surface area contributed by atoms with Gasteiger partial charge in [-0.2, -0.15) is 0 Å². The summed E-state index contributed by atoms with van der Waals surface area (Å²) in [7, 11) is 0. The molecule has 0 spiro atoms. The number of fused-ring (bicyclic) bond motifs is 1. The molecule has 2 aromatic carbocycles. The molecule has 1 amide bonds. The summed E-state index contributed by atoms with van der Waals surface area (Å²) in [6.07, 6.45) is 0.631. The van der Waals surface area contributed by atoms with Crippen LogP contribution in [0.4, 0.5) is 4.39 Å². The number of H-pyrrole nitrogens is 1. The Bertz CT molecular complexity index is 885. The van der Waals surface area contributed by atoms with E-state index >= 15 is 0 Å². The Morgan fingerprint density at radius 1 is 1.16 bits per heavy atom. The average molecular weight is 340 g/mol. The summed E-state index contributed by atoms with van der Waals surface area (Å²) in [6, 6.07) is 12.2. The Morgan fingerprint density at radius 3 is 2.68 bits per heavy atom. The lowest BCUT2D eigenvalue weighted by molar-refractivity contribution is -0.123. The van der Waals surface area contributed by atoms with Gasteiger partial charge in [0.25, 0.3) is 5.91 Å². The molecular formula is C20H21FN2O2. The summed E-state index contributed by atoms with van der Waals surface area (Å²) in [5.41, 5.74) is 4.06. The van der Waals surface area contributed by atoms with Crippen molar-refractivity contribution in [2.45, 2.75) is 20.3 Å². The number of nitrogens with one attached hydrogen (secondary N) is 2. The highest BCUT2D eigenvalue weighted by Gasteiger charge is 2.10. The van der Waals surface area contributed by atoms with Crippen molar-refractivity contribution in [3.63, 3.8) is 0 Å². The van der Waals surface area contributed by atoms with Crippen LogP contribution in [0, 0.1) is 19.7 Å². The fraction of sp³-hybridized carbons (Fsp3) is 0.250. The van der Waals surface area contributed by atoms with Crippen molar-refractivity contribution in [1.82, 2.24) is 10.3 Å². The topological polar surface area (TPSA) is 54.1 Å². The maximum Gasteiger partial charge on any atom is 0.257 e. The Morgan fingerprint density at radius 2 is 1.92 bits per heavy atom.